The van der Waals surface area contributed by atoms with Gasteiger partial charge >= 0.3 is 0 Å². The molecule has 0 heterocycles. The van der Waals surface area contributed by atoms with Crippen LogP contribution in [0.3, 0.4) is 0 Å². The fourth-order valence-corrected chi connectivity index (χ4v) is 2.74. The van der Waals surface area contributed by atoms with Gasteiger partial charge < -0.3 is 24.8 Å². The van der Waals surface area contributed by atoms with Gasteiger partial charge in [0.1, 0.15) is 0 Å². The van der Waals surface area contributed by atoms with Gasteiger partial charge in [0, 0.05) is 26.8 Å². The molecular weight excluding hydrogens is 378 g/mol. The fraction of sp³-hybridized carbons (Fsp3) is 0.458. The highest BCUT2D eigenvalue weighted by Gasteiger charge is 1.99. The van der Waals surface area contributed by atoms with E-state index in [2.05, 4.69) is 58.9 Å². The zero-order valence-electron chi connectivity index (χ0n) is 18.2. The van der Waals surface area contributed by atoms with Crippen molar-refractivity contribution < 1.29 is 14.2 Å². The summed E-state index contributed by atoms with van der Waals surface area (Å²) in [6.07, 6.45) is 0.922. The maximum Gasteiger partial charge on any atom is 0.191 e. The topological polar surface area (TPSA) is 64.1 Å². The Bertz CT molecular complexity index is 705. The van der Waals surface area contributed by atoms with Crippen LogP contribution in [0.4, 0.5) is 0 Å². The predicted molar refractivity (Wildman–Crippen MR) is 122 cm³/mol. The largest absolute Gasteiger partial charge is 0.382 e. The molecule has 0 saturated carbocycles. The van der Waals surface area contributed by atoms with Gasteiger partial charge in [-0.2, -0.15) is 0 Å². The first-order valence-corrected chi connectivity index (χ1v) is 10.6. The Labute approximate surface area is 180 Å². The van der Waals surface area contributed by atoms with E-state index < -0.39 is 0 Å². The Morgan fingerprint density at radius 3 is 2.20 bits per heavy atom. The van der Waals surface area contributed by atoms with Crippen LogP contribution in [-0.4, -0.2) is 46.0 Å². The number of nitrogens with zero attached hydrogens (tertiary/aromatic N) is 1. The van der Waals surface area contributed by atoms with Crippen molar-refractivity contribution >= 4 is 5.96 Å². The summed E-state index contributed by atoms with van der Waals surface area (Å²) >= 11 is 0. The molecular formula is C24H35N3O3. The summed E-state index contributed by atoms with van der Waals surface area (Å²) in [4.78, 5) is 4.66. The van der Waals surface area contributed by atoms with Gasteiger partial charge in [-0.1, -0.05) is 54.6 Å². The molecule has 164 valence electrons. The maximum absolute atomic E-state index is 5.80. The number of rotatable bonds is 14. The van der Waals surface area contributed by atoms with E-state index in [0.717, 1.165) is 31.0 Å². The molecule has 0 aliphatic carbocycles. The van der Waals surface area contributed by atoms with Crippen LogP contribution in [0.15, 0.2) is 59.6 Å². The second kappa shape index (κ2) is 15.4. The standard InChI is InChI=1S/C24H35N3O3/c1-3-25-24(26-14-7-15-29-17-16-28-2)27-18-21-10-12-23(13-11-21)20-30-19-22-8-5-4-6-9-22/h4-6,8-13H,3,7,14-20H2,1-2H3,(H2,25,26,27). The van der Waals surface area contributed by atoms with E-state index in [9.17, 15) is 0 Å². The van der Waals surface area contributed by atoms with Crippen molar-refractivity contribution in [2.45, 2.75) is 33.1 Å². The van der Waals surface area contributed by atoms with Crippen LogP contribution >= 0.6 is 0 Å². The highest BCUT2D eigenvalue weighted by atomic mass is 16.5. The smallest absolute Gasteiger partial charge is 0.191 e. The normalized spacial score (nSPS) is 11.5. The second-order valence-corrected chi connectivity index (χ2v) is 6.88. The summed E-state index contributed by atoms with van der Waals surface area (Å²) in [7, 11) is 1.68. The highest BCUT2D eigenvalue weighted by molar-refractivity contribution is 5.79. The maximum atomic E-state index is 5.80. The minimum atomic E-state index is 0.606. The summed E-state index contributed by atoms with van der Waals surface area (Å²) < 4.78 is 16.2. The average molecular weight is 414 g/mol. The summed E-state index contributed by atoms with van der Waals surface area (Å²) in [5, 5.41) is 6.62. The lowest BCUT2D eigenvalue weighted by Crippen LogP contribution is -2.38. The van der Waals surface area contributed by atoms with Gasteiger partial charge in [-0.3, -0.25) is 0 Å². The molecule has 2 aromatic rings. The van der Waals surface area contributed by atoms with Crippen molar-refractivity contribution in [3.05, 3.63) is 71.3 Å². The third-order valence-electron chi connectivity index (χ3n) is 4.36. The highest BCUT2D eigenvalue weighted by Crippen LogP contribution is 2.09. The molecule has 0 aromatic heterocycles. The minimum Gasteiger partial charge on any atom is -0.382 e. The molecule has 0 fully saturated rings. The van der Waals surface area contributed by atoms with Gasteiger partial charge in [0.15, 0.2) is 5.96 Å². The van der Waals surface area contributed by atoms with E-state index in [1.807, 2.05) is 18.2 Å². The van der Waals surface area contributed by atoms with E-state index in [4.69, 9.17) is 14.2 Å². The summed E-state index contributed by atoms with van der Waals surface area (Å²) in [6.45, 7) is 7.55. The van der Waals surface area contributed by atoms with Crippen LogP contribution in [0.25, 0.3) is 0 Å². The van der Waals surface area contributed by atoms with Crippen LogP contribution in [-0.2, 0) is 34.0 Å². The Kier molecular flexibility index (Phi) is 12.3. The van der Waals surface area contributed by atoms with Crippen molar-refractivity contribution in [1.82, 2.24) is 10.6 Å². The molecule has 2 rings (SSSR count). The molecule has 0 amide bonds. The van der Waals surface area contributed by atoms with E-state index in [0.29, 0.717) is 39.6 Å². The van der Waals surface area contributed by atoms with Crippen LogP contribution in [0.2, 0.25) is 0 Å². The number of guanidine groups is 1. The molecule has 0 radical (unpaired) electrons. The van der Waals surface area contributed by atoms with E-state index in [1.54, 1.807) is 7.11 Å². The second-order valence-electron chi connectivity index (χ2n) is 6.88. The van der Waals surface area contributed by atoms with Crippen LogP contribution in [0, 0.1) is 0 Å². The molecule has 0 bridgehead atoms. The first-order chi connectivity index (χ1) is 14.8. The molecule has 6 nitrogen and oxygen atoms in total. The summed E-state index contributed by atoms with van der Waals surface area (Å²) in [5.74, 6) is 0.824. The number of hydrogen-bond donors (Lipinski definition) is 2. The van der Waals surface area contributed by atoms with E-state index in [1.165, 1.54) is 11.1 Å². The van der Waals surface area contributed by atoms with Crippen LogP contribution in [0.1, 0.15) is 30.0 Å². The van der Waals surface area contributed by atoms with Crippen molar-refractivity contribution in [3.63, 3.8) is 0 Å². The number of aliphatic imine (C=N–C) groups is 1. The number of hydrogen-bond acceptors (Lipinski definition) is 4. The molecule has 2 aromatic carbocycles. The molecule has 0 atom stereocenters. The van der Waals surface area contributed by atoms with Crippen LogP contribution < -0.4 is 10.6 Å². The third-order valence-corrected chi connectivity index (χ3v) is 4.36. The monoisotopic (exact) mass is 413 g/mol. The minimum absolute atomic E-state index is 0.606. The molecule has 0 aliphatic heterocycles. The van der Waals surface area contributed by atoms with E-state index in [-0.39, 0.29) is 0 Å². The fourth-order valence-electron chi connectivity index (χ4n) is 2.74. The van der Waals surface area contributed by atoms with Gasteiger partial charge in [-0.15, -0.1) is 0 Å². The predicted octanol–water partition coefficient (Wildman–Crippen LogP) is 3.51. The first kappa shape index (κ1) is 23.9. The van der Waals surface area contributed by atoms with Crippen molar-refractivity contribution in [1.29, 1.82) is 0 Å². The van der Waals surface area contributed by atoms with Gasteiger partial charge in [0.05, 0.1) is 33.0 Å². The SMILES string of the molecule is CCNC(=NCc1ccc(COCc2ccccc2)cc1)NCCCOCCOC. The van der Waals surface area contributed by atoms with Gasteiger partial charge in [0.25, 0.3) is 0 Å². The zero-order chi connectivity index (χ0) is 21.3. The molecule has 0 unspecified atom stereocenters. The Balaban J connectivity index is 1.70. The lowest BCUT2D eigenvalue weighted by Gasteiger charge is -2.11. The lowest BCUT2D eigenvalue weighted by molar-refractivity contribution is 0.0698. The molecule has 0 saturated heterocycles. The average Bonchev–Trinajstić information content (AvgIpc) is 2.78. The molecule has 30 heavy (non-hydrogen) atoms. The number of ether oxygens (including phenoxy) is 3. The summed E-state index contributed by atoms with van der Waals surface area (Å²) in [5.41, 5.74) is 3.52. The number of benzene rings is 2. The van der Waals surface area contributed by atoms with Crippen molar-refractivity contribution in [3.8, 4) is 0 Å². The Morgan fingerprint density at radius 2 is 1.50 bits per heavy atom. The molecule has 2 N–H and O–H groups in total. The summed E-state index contributed by atoms with van der Waals surface area (Å²) in [6, 6.07) is 18.7. The molecule has 0 aliphatic rings. The van der Waals surface area contributed by atoms with Gasteiger partial charge in [0.2, 0.25) is 0 Å². The van der Waals surface area contributed by atoms with Crippen molar-refractivity contribution in [2.75, 3.05) is 40.0 Å². The lowest BCUT2D eigenvalue weighted by atomic mass is 10.1. The third kappa shape index (κ3) is 10.4. The van der Waals surface area contributed by atoms with Gasteiger partial charge in [-0.05, 0) is 30.0 Å². The molecule has 0 spiro atoms. The van der Waals surface area contributed by atoms with Crippen LogP contribution in [0.5, 0.6) is 0 Å². The number of methoxy groups -OCH3 is 1. The number of nitrogens with one attached hydrogen (secondary N) is 2. The Morgan fingerprint density at radius 1 is 0.800 bits per heavy atom. The molecule has 6 heteroatoms. The van der Waals surface area contributed by atoms with E-state index >= 15 is 0 Å². The first-order valence-electron chi connectivity index (χ1n) is 10.6. The van der Waals surface area contributed by atoms with Crippen molar-refractivity contribution in [2.24, 2.45) is 4.99 Å². The zero-order valence-corrected chi connectivity index (χ0v) is 18.2. The van der Waals surface area contributed by atoms with Gasteiger partial charge in [-0.25, -0.2) is 4.99 Å². The quantitative estimate of drug-likeness (QED) is 0.282. The Hall–Kier alpha value is -2.41.